The maximum absolute atomic E-state index is 12.1. The Hall–Kier alpha value is -1.50. The number of hydrogen-bond donors (Lipinski definition) is 0. The molecule has 3 rings (SSSR count). The molecule has 0 bridgehead atoms. The number of thiazole rings is 1. The van der Waals surface area contributed by atoms with Crippen LogP contribution in [0.25, 0.3) is 4.96 Å². The van der Waals surface area contributed by atoms with E-state index >= 15 is 0 Å². The fourth-order valence-electron chi connectivity index (χ4n) is 2.21. The van der Waals surface area contributed by atoms with Crippen LogP contribution in [0.1, 0.15) is 17.0 Å². The quantitative estimate of drug-likeness (QED) is 0.744. The number of fused-ring (bicyclic) bond motifs is 1. The highest BCUT2D eigenvalue weighted by Crippen LogP contribution is 2.13. The Morgan fingerprint density at radius 1 is 1.35 bits per heavy atom. The summed E-state index contributed by atoms with van der Waals surface area (Å²) in [5.41, 5.74) is 3.07. The molecule has 0 saturated carbocycles. The van der Waals surface area contributed by atoms with Crippen LogP contribution in [0.3, 0.4) is 0 Å². The van der Waals surface area contributed by atoms with Crippen LogP contribution < -0.4 is 5.56 Å². The average molecular weight is 305 g/mol. The highest BCUT2D eigenvalue weighted by molar-refractivity contribution is 7.15. The van der Waals surface area contributed by atoms with Crippen LogP contribution in [-0.2, 0) is 13.1 Å². The predicted octanol–water partition coefficient (Wildman–Crippen LogP) is 2.76. The van der Waals surface area contributed by atoms with E-state index in [2.05, 4.69) is 26.7 Å². The highest BCUT2D eigenvalue weighted by atomic mass is 32.1. The standard InChI is InChI=1S/C14H15N3OS2/c1-10-8-20-14-15-12(5-13(18)17(10)14)7-16(2)6-11-3-4-19-9-11/h3-5,8-9H,6-7H2,1-2H3. The molecule has 3 aromatic rings. The molecule has 3 aromatic heterocycles. The molecule has 0 aliphatic heterocycles. The van der Waals surface area contributed by atoms with Crippen molar-refractivity contribution >= 4 is 27.6 Å². The molecule has 0 saturated heterocycles. The molecule has 4 nitrogen and oxygen atoms in total. The maximum Gasteiger partial charge on any atom is 0.259 e. The van der Waals surface area contributed by atoms with Crippen molar-refractivity contribution in [1.82, 2.24) is 14.3 Å². The molecular weight excluding hydrogens is 290 g/mol. The molecule has 0 N–H and O–H groups in total. The molecule has 0 fully saturated rings. The first-order chi connectivity index (χ1) is 9.63. The Bertz CT molecular complexity index is 773. The zero-order valence-electron chi connectivity index (χ0n) is 11.4. The topological polar surface area (TPSA) is 37.6 Å². The highest BCUT2D eigenvalue weighted by Gasteiger charge is 2.08. The largest absolute Gasteiger partial charge is 0.296 e. The molecule has 0 amide bonds. The summed E-state index contributed by atoms with van der Waals surface area (Å²) in [5, 5.41) is 6.18. The van der Waals surface area contributed by atoms with Crippen LogP contribution in [0.4, 0.5) is 0 Å². The Labute approximate surface area is 124 Å². The third-order valence-electron chi connectivity index (χ3n) is 3.09. The van der Waals surface area contributed by atoms with Crippen molar-refractivity contribution in [3.8, 4) is 0 Å². The van der Waals surface area contributed by atoms with Crippen molar-refractivity contribution in [2.45, 2.75) is 20.0 Å². The lowest BCUT2D eigenvalue weighted by molar-refractivity contribution is 0.315. The third-order valence-corrected chi connectivity index (χ3v) is 4.77. The van der Waals surface area contributed by atoms with E-state index in [0.29, 0.717) is 6.54 Å². The summed E-state index contributed by atoms with van der Waals surface area (Å²) in [6, 6.07) is 3.76. The molecule has 3 heterocycles. The second-order valence-electron chi connectivity index (χ2n) is 4.88. The normalized spacial score (nSPS) is 11.6. The second-order valence-corrected chi connectivity index (χ2v) is 6.50. The molecule has 104 valence electrons. The number of aromatic nitrogens is 2. The molecule has 0 aliphatic rings. The SMILES string of the molecule is Cc1csc2nc(CN(C)Cc3ccsc3)cc(=O)n12. The van der Waals surface area contributed by atoms with Crippen LogP contribution in [0.15, 0.2) is 33.1 Å². The Balaban J connectivity index is 1.82. The van der Waals surface area contributed by atoms with Crippen LogP contribution in [0.2, 0.25) is 0 Å². The van der Waals surface area contributed by atoms with Gasteiger partial charge in [0.05, 0.1) is 5.69 Å². The molecule has 20 heavy (non-hydrogen) atoms. The summed E-state index contributed by atoms with van der Waals surface area (Å²) in [7, 11) is 2.04. The average Bonchev–Trinajstić information content (AvgIpc) is 2.99. The van der Waals surface area contributed by atoms with Crippen LogP contribution in [0, 0.1) is 6.92 Å². The minimum absolute atomic E-state index is 0.00711. The zero-order valence-corrected chi connectivity index (χ0v) is 13.0. The van der Waals surface area contributed by atoms with E-state index in [1.165, 1.54) is 16.9 Å². The second kappa shape index (κ2) is 5.47. The summed E-state index contributed by atoms with van der Waals surface area (Å²) in [6.07, 6.45) is 0. The van der Waals surface area contributed by atoms with Gasteiger partial charge in [0.25, 0.3) is 5.56 Å². The number of aryl methyl sites for hydroxylation is 1. The lowest BCUT2D eigenvalue weighted by atomic mass is 10.3. The van der Waals surface area contributed by atoms with Gasteiger partial charge < -0.3 is 0 Å². The van der Waals surface area contributed by atoms with Crippen molar-refractivity contribution in [1.29, 1.82) is 0 Å². The van der Waals surface area contributed by atoms with Gasteiger partial charge in [0.1, 0.15) is 0 Å². The van der Waals surface area contributed by atoms with Crippen molar-refractivity contribution < 1.29 is 0 Å². The molecule has 0 radical (unpaired) electrons. The van der Waals surface area contributed by atoms with Gasteiger partial charge in [0.15, 0.2) is 4.96 Å². The molecule has 0 aromatic carbocycles. The van der Waals surface area contributed by atoms with E-state index < -0.39 is 0 Å². The summed E-state index contributed by atoms with van der Waals surface area (Å²) in [5.74, 6) is 0. The molecular formula is C14H15N3OS2. The fourth-order valence-corrected chi connectivity index (χ4v) is 3.76. The first kappa shape index (κ1) is 13.5. The third kappa shape index (κ3) is 2.67. The van der Waals surface area contributed by atoms with Gasteiger partial charge in [-0.1, -0.05) is 0 Å². The van der Waals surface area contributed by atoms with Crippen molar-refractivity contribution in [2.75, 3.05) is 7.05 Å². The Morgan fingerprint density at radius 3 is 2.95 bits per heavy atom. The predicted molar refractivity (Wildman–Crippen MR) is 83.6 cm³/mol. The Morgan fingerprint density at radius 2 is 2.20 bits per heavy atom. The van der Waals surface area contributed by atoms with Gasteiger partial charge in [-0.15, -0.1) is 11.3 Å². The van der Waals surface area contributed by atoms with E-state index in [9.17, 15) is 4.79 Å². The summed E-state index contributed by atoms with van der Waals surface area (Å²) >= 11 is 3.21. The van der Waals surface area contributed by atoms with E-state index in [4.69, 9.17) is 0 Å². The number of rotatable bonds is 4. The fraction of sp³-hybridized carbons (Fsp3) is 0.286. The summed E-state index contributed by atoms with van der Waals surface area (Å²) in [6.45, 7) is 3.47. The van der Waals surface area contributed by atoms with E-state index in [0.717, 1.165) is 22.9 Å². The maximum atomic E-state index is 12.1. The van der Waals surface area contributed by atoms with Gasteiger partial charge in [-0.05, 0) is 36.4 Å². The van der Waals surface area contributed by atoms with Crippen LogP contribution in [0.5, 0.6) is 0 Å². The van der Waals surface area contributed by atoms with E-state index in [1.807, 2.05) is 19.4 Å². The first-order valence-electron chi connectivity index (χ1n) is 6.30. The van der Waals surface area contributed by atoms with Gasteiger partial charge in [-0.2, -0.15) is 11.3 Å². The summed E-state index contributed by atoms with van der Waals surface area (Å²) < 4.78 is 1.66. The Kier molecular flexibility index (Phi) is 3.69. The number of hydrogen-bond acceptors (Lipinski definition) is 5. The molecule has 0 aliphatic carbocycles. The lowest BCUT2D eigenvalue weighted by Gasteiger charge is -2.15. The van der Waals surface area contributed by atoms with Crippen molar-refractivity contribution in [3.63, 3.8) is 0 Å². The molecule has 0 unspecified atom stereocenters. The van der Waals surface area contributed by atoms with Crippen molar-refractivity contribution in [2.24, 2.45) is 0 Å². The monoisotopic (exact) mass is 305 g/mol. The molecule has 0 spiro atoms. The number of nitrogens with zero attached hydrogens (tertiary/aromatic N) is 3. The van der Waals surface area contributed by atoms with E-state index in [1.54, 1.807) is 21.8 Å². The minimum atomic E-state index is 0.00711. The first-order valence-corrected chi connectivity index (χ1v) is 8.12. The number of thiophene rings is 1. The van der Waals surface area contributed by atoms with E-state index in [-0.39, 0.29) is 5.56 Å². The van der Waals surface area contributed by atoms with Gasteiger partial charge in [-0.3, -0.25) is 14.1 Å². The summed E-state index contributed by atoms with van der Waals surface area (Å²) in [4.78, 5) is 19.6. The van der Waals surface area contributed by atoms with Crippen LogP contribution in [-0.4, -0.2) is 21.3 Å². The van der Waals surface area contributed by atoms with Gasteiger partial charge in [0, 0.05) is 30.2 Å². The lowest BCUT2D eigenvalue weighted by Crippen LogP contribution is -2.21. The van der Waals surface area contributed by atoms with Gasteiger partial charge in [0.2, 0.25) is 0 Å². The molecule has 6 heteroatoms. The minimum Gasteiger partial charge on any atom is -0.296 e. The molecule has 0 atom stereocenters. The zero-order chi connectivity index (χ0) is 14.1. The van der Waals surface area contributed by atoms with Crippen molar-refractivity contribution in [3.05, 3.63) is 55.6 Å². The smallest absolute Gasteiger partial charge is 0.259 e. The van der Waals surface area contributed by atoms with Gasteiger partial charge >= 0.3 is 0 Å². The van der Waals surface area contributed by atoms with Crippen LogP contribution >= 0.6 is 22.7 Å². The van der Waals surface area contributed by atoms with Gasteiger partial charge in [-0.25, -0.2) is 4.98 Å².